The van der Waals surface area contributed by atoms with Gasteiger partial charge in [-0.15, -0.1) is 0 Å². The molecule has 1 aromatic carbocycles. The summed E-state index contributed by atoms with van der Waals surface area (Å²) in [5.74, 6) is 0. The van der Waals surface area contributed by atoms with Crippen LogP contribution in [0.15, 0.2) is 30.3 Å². The maximum Gasteiger partial charge on any atom is 0.0456 e. The van der Waals surface area contributed by atoms with Crippen LogP contribution in [-0.4, -0.2) is 4.57 Å². The predicted octanol–water partition coefficient (Wildman–Crippen LogP) is 4.06. The Bertz CT molecular complexity index is 480. The van der Waals surface area contributed by atoms with Gasteiger partial charge >= 0.3 is 0 Å². The maximum absolute atomic E-state index is 5.87. The SMILES string of the molecule is Cc1cc(C)n(-c2ccc(Cl)cc2)c1C. The van der Waals surface area contributed by atoms with Gasteiger partial charge in [0, 0.05) is 22.1 Å². The summed E-state index contributed by atoms with van der Waals surface area (Å²) in [6.45, 7) is 6.39. The molecule has 0 aliphatic heterocycles. The van der Waals surface area contributed by atoms with Crippen molar-refractivity contribution in [1.29, 1.82) is 0 Å². The quantitative estimate of drug-likeness (QED) is 0.682. The van der Waals surface area contributed by atoms with Crippen LogP contribution in [0, 0.1) is 20.8 Å². The van der Waals surface area contributed by atoms with Crippen LogP contribution in [0.2, 0.25) is 5.02 Å². The second kappa shape index (κ2) is 3.74. The summed E-state index contributed by atoms with van der Waals surface area (Å²) < 4.78 is 2.24. The lowest BCUT2D eigenvalue weighted by molar-refractivity contribution is 0.960. The first-order valence-corrected chi connectivity index (χ1v) is 5.39. The third-order valence-electron chi connectivity index (χ3n) is 2.77. The van der Waals surface area contributed by atoms with Crippen molar-refractivity contribution in [3.8, 4) is 5.69 Å². The number of halogens is 1. The molecule has 0 amide bonds. The summed E-state index contributed by atoms with van der Waals surface area (Å²) in [7, 11) is 0. The molecule has 1 nitrogen and oxygen atoms in total. The Morgan fingerprint density at radius 2 is 1.60 bits per heavy atom. The van der Waals surface area contributed by atoms with Crippen molar-refractivity contribution < 1.29 is 0 Å². The highest BCUT2D eigenvalue weighted by molar-refractivity contribution is 6.30. The van der Waals surface area contributed by atoms with E-state index in [9.17, 15) is 0 Å². The molecule has 0 spiro atoms. The highest BCUT2D eigenvalue weighted by Gasteiger charge is 2.06. The lowest BCUT2D eigenvalue weighted by atomic mass is 10.3. The van der Waals surface area contributed by atoms with Gasteiger partial charge < -0.3 is 4.57 Å². The second-order valence-corrected chi connectivity index (χ2v) is 4.30. The lowest BCUT2D eigenvalue weighted by Gasteiger charge is -2.09. The first-order valence-electron chi connectivity index (χ1n) is 5.01. The van der Waals surface area contributed by atoms with Crippen molar-refractivity contribution in [2.45, 2.75) is 20.8 Å². The summed E-state index contributed by atoms with van der Waals surface area (Å²) in [6, 6.07) is 10.1. The van der Waals surface area contributed by atoms with E-state index in [2.05, 4.69) is 31.4 Å². The smallest absolute Gasteiger partial charge is 0.0456 e. The van der Waals surface area contributed by atoms with E-state index < -0.39 is 0 Å². The molecule has 0 N–H and O–H groups in total. The van der Waals surface area contributed by atoms with Crippen LogP contribution >= 0.6 is 11.6 Å². The molecule has 15 heavy (non-hydrogen) atoms. The standard InChI is InChI=1S/C13H14ClN/c1-9-8-10(2)15(11(9)3)13-6-4-12(14)5-7-13/h4-8H,1-3H3. The van der Waals surface area contributed by atoms with Gasteiger partial charge in [0.2, 0.25) is 0 Å². The lowest BCUT2D eigenvalue weighted by Crippen LogP contribution is -1.98. The van der Waals surface area contributed by atoms with E-state index in [4.69, 9.17) is 11.6 Å². The van der Waals surface area contributed by atoms with Crippen LogP contribution in [0.1, 0.15) is 17.0 Å². The molecule has 0 aliphatic rings. The summed E-state index contributed by atoms with van der Waals surface area (Å²) in [6.07, 6.45) is 0. The van der Waals surface area contributed by atoms with E-state index in [-0.39, 0.29) is 0 Å². The zero-order valence-corrected chi connectivity index (χ0v) is 9.97. The van der Waals surface area contributed by atoms with Gasteiger partial charge in [0.05, 0.1) is 0 Å². The van der Waals surface area contributed by atoms with Gasteiger partial charge in [-0.1, -0.05) is 11.6 Å². The highest BCUT2D eigenvalue weighted by Crippen LogP contribution is 2.21. The van der Waals surface area contributed by atoms with Gasteiger partial charge in [0.25, 0.3) is 0 Å². The van der Waals surface area contributed by atoms with Gasteiger partial charge in [0.15, 0.2) is 0 Å². The molecule has 0 saturated carbocycles. The largest absolute Gasteiger partial charge is 0.318 e. The fourth-order valence-corrected chi connectivity index (χ4v) is 2.04. The molecular weight excluding hydrogens is 206 g/mol. The van der Waals surface area contributed by atoms with Crippen LogP contribution in [-0.2, 0) is 0 Å². The number of benzene rings is 1. The Balaban J connectivity index is 2.58. The van der Waals surface area contributed by atoms with Crippen LogP contribution in [0.25, 0.3) is 5.69 Å². The molecule has 0 aliphatic carbocycles. The molecule has 78 valence electrons. The van der Waals surface area contributed by atoms with E-state index in [1.165, 1.54) is 22.6 Å². The van der Waals surface area contributed by atoms with E-state index >= 15 is 0 Å². The number of aromatic nitrogens is 1. The molecule has 0 unspecified atom stereocenters. The average molecular weight is 220 g/mol. The molecule has 1 aromatic heterocycles. The van der Waals surface area contributed by atoms with Crippen LogP contribution in [0.4, 0.5) is 0 Å². The fraction of sp³-hybridized carbons (Fsp3) is 0.231. The predicted molar refractivity (Wildman–Crippen MR) is 65.0 cm³/mol. The molecular formula is C13H14ClN. The minimum atomic E-state index is 0.776. The molecule has 0 fully saturated rings. The Hall–Kier alpha value is -1.21. The van der Waals surface area contributed by atoms with Crippen molar-refractivity contribution in [1.82, 2.24) is 4.57 Å². The summed E-state index contributed by atoms with van der Waals surface area (Å²) >= 11 is 5.87. The fourth-order valence-electron chi connectivity index (χ4n) is 1.91. The summed E-state index contributed by atoms with van der Waals surface area (Å²) in [5.41, 5.74) is 5.03. The molecule has 0 atom stereocenters. The molecule has 2 heteroatoms. The van der Waals surface area contributed by atoms with E-state index in [0.29, 0.717) is 0 Å². The number of nitrogens with zero attached hydrogens (tertiary/aromatic N) is 1. The minimum absolute atomic E-state index is 0.776. The topological polar surface area (TPSA) is 4.93 Å². The van der Waals surface area contributed by atoms with Gasteiger partial charge in [-0.3, -0.25) is 0 Å². The monoisotopic (exact) mass is 219 g/mol. The Morgan fingerprint density at radius 1 is 1.00 bits per heavy atom. The zero-order valence-electron chi connectivity index (χ0n) is 9.21. The van der Waals surface area contributed by atoms with Crippen molar-refractivity contribution >= 4 is 11.6 Å². The zero-order chi connectivity index (χ0) is 11.0. The minimum Gasteiger partial charge on any atom is -0.318 e. The summed E-state index contributed by atoms with van der Waals surface area (Å²) in [4.78, 5) is 0. The first kappa shape index (κ1) is 10.3. The van der Waals surface area contributed by atoms with E-state index in [1.807, 2.05) is 24.3 Å². The van der Waals surface area contributed by atoms with Crippen molar-refractivity contribution in [2.75, 3.05) is 0 Å². The maximum atomic E-state index is 5.87. The third kappa shape index (κ3) is 1.80. The van der Waals surface area contributed by atoms with Crippen LogP contribution in [0.3, 0.4) is 0 Å². The van der Waals surface area contributed by atoms with Gasteiger partial charge in [-0.25, -0.2) is 0 Å². The normalized spacial score (nSPS) is 10.7. The molecule has 0 radical (unpaired) electrons. The van der Waals surface area contributed by atoms with Gasteiger partial charge in [-0.2, -0.15) is 0 Å². The highest BCUT2D eigenvalue weighted by atomic mass is 35.5. The molecule has 2 aromatic rings. The first-order chi connectivity index (χ1) is 7.09. The second-order valence-electron chi connectivity index (χ2n) is 3.87. The number of rotatable bonds is 1. The van der Waals surface area contributed by atoms with Crippen LogP contribution < -0.4 is 0 Å². The molecule has 1 heterocycles. The number of aryl methyl sites for hydroxylation is 2. The van der Waals surface area contributed by atoms with E-state index in [0.717, 1.165) is 5.02 Å². The molecule has 0 bridgehead atoms. The molecule has 0 saturated heterocycles. The van der Waals surface area contributed by atoms with Gasteiger partial charge in [-0.05, 0) is 56.7 Å². The van der Waals surface area contributed by atoms with Crippen molar-refractivity contribution in [2.24, 2.45) is 0 Å². The van der Waals surface area contributed by atoms with Gasteiger partial charge in [0.1, 0.15) is 0 Å². The van der Waals surface area contributed by atoms with E-state index in [1.54, 1.807) is 0 Å². The third-order valence-corrected chi connectivity index (χ3v) is 3.02. The summed E-state index contributed by atoms with van der Waals surface area (Å²) in [5, 5.41) is 0.776. The Kier molecular flexibility index (Phi) is 2.57. The number of hydrogen-bond donors (Lipinski definition) is 0. The Labute approximate surface area is 95.3 Å². The molecule has 2 rings (SSSR count). The van der Waals surface area contributed by atoms with Crippen molar-refractivity contribution in [3.63, 3.8) is 0 Å². The average Bonchev–Trinajstić information content (AvgIpc) is 2.44. The van der Waals surface area contributed by atoms with Crippen LogP contribution in [0.5, 0.6) is 0 Å². The van der Waals surface area contributed by atoms with Crippen molar-refractivity contribution in [3.05, 3.63) is 52.3 Å². The number of hydrogen-bond acceptors (Lipinski definition) is 0. The Morgan fingerprint density at radius 3 is 2.07 bits per heavy atom.